The number of nitrogens with one attached hydrogen (secondary N) is 1. The van der Waals surface area contributed by atoms with Gasteiger partial charge in [-0.2, -0.15) is 10.2 Å². The number of hydrogen-bond acceptors (Lipinski definition) is 10. The number of nitrogens with zero attached hydrogens (tertiary/aromatic N) is 4. The molecule has 1 saturated heterocycles. The maximum absolute atomic E-state index is 13.7. The number of amides is 1. The number of esters is 1. The molecule has 12 nitrogen and oxygen atoms in total. The average Bonchev–Trinajstić information content (AvgIpc) is 3.37. The van der Waals surface area contributed by atoms with E-state index in [9.17, 15) is 14.0 Å². The number of primary amides is 1. The Balaban J connectivity index is 1.76. The lowest BCUT2D eigenvalue weighted by Crippen LogP contribution is -2.56. The van der Waals surface area contributed by atoms with Crippen molar-refractivity contribution in [3.8, 4) is 34.7 Å². The highest BCUT2D eigenvalue weighted by molar-refractivity contribution is 5.85. The highest BCUT2D eigenvalue weighted by Crippen LogP contribution is 2.39. The molecule has 198 valence electrons. The summed E-state index contributed by atoms with van der Waals surface area (Å²) in [5.74, 6) is -4.49. The molecule has 0 unspecified atom stereocenters. The summed E-state index contributed by atoms with van der Waals surface area (Å²) in [7, 11) is 0. The van der Waals surface area contributed by atoms with Gasteiger partial charge in [-0.05, 0) is 43.7 Å². The number of carbonyl (C=O) groups is 2. The van der Waals surface area contributed by atoms with Crippen LogP contribution in [0.5, 0.6) is 6.01 Å². The van der Waals surface area contributed by atoms with Gasteiger partial charge in [-0.25, -0.2) is 14.4 Å². The number of ether oxygens (including phenoxy) is 4. The minimum Gasteiger partial charge on any atom is -0.463 e. The molecule has 0 bridgehead atoms. The molecule has 1 amide bonds. The predicted molar refractivity (Wildman–Crippen MR) is 128 cm³/mol. The summed E-state index contributed by atoms with van der Waals surface area (Å²) in [6.07, 6.45) is 2.25. The monoisotopic (exact) mass is 524 g/mol. The first-order valence-corrected chi connectivity index (χ1v) is 11.7. The fraction of sp³-hybridized carbons (Fsp3) is 0.360. The van der Waals surface area contributed by atoms with Gasteiger partial charge < -0.3 is 29.7 Å². The Morgan fingerprint density at radius 1 is 1.21 bits per heavy atom. The van der Waals surface area contributed by atoms with Crippen LogP contribution in [-0.4, -0.2) is 58.2 Å². The van der Waals surface area contributed by atoms with Crippen LogP contribution in [0.3, 0.4) is 0 Å². The van der Waals surface area contributed by atoms with Crippen molar-refractivity contribution in [1.29, 1.82) is 5.26 Å². The summed E-state index contributed by atoms with van der Waals surface area (Å²) in [6.45, 7) is 2.79. The Hall–Kier alpha value is -4.41. The second-order valence-electron chi connectivity index (χ2n) is 8.74. The van der Waals surface area contributed by atoms with Crippen LogP contribution in [0, 0.1) is 22.6 Å². The number of benzene rings is 1. The molecule has 0 saturated carbocycles. The Bertz CT molecular complexity index is 1360. The lowest BCUT2D eigenvalue weighted by molar-refractivity contribution is -0.293. The van der Waals surface area contributed by atoms with Crippen LogP contribution in [0.4, 0.5) is 4.39 Å². The van der Waals surface area contributed by atoms with Gasteiger partial charge in [-0.15, -0.1) is 0 Å². The van der Waals surface area contributed by atoms with E-state index in [0.717, 1.165) is 6.42 Å². The van der Waals surface area contributed by atoms with Crippen LogP contribution in [0.2, 0.25) is 0 Å². The van der Waals surface area contributed by atoms with Crippen molar-refractivity contribution in [2.75, 3.05) is 26.4 Å². The number of nitriles is 1. The molecule has 13 heteroatoms. The lowest BCUT2D eigenvalue weighted by Gasteiger charge is -2.40. The molecular formula is C25H25FN6O6. The van der Waals surface area contributed by atoms with Crippen molar-refractivity contribution in [1.82, 2.24) is 19.9 Å². The van der Waals surface area contributed by atoms with E-state index in [2.05, 4.69) is 19.9 Å². The average molecular weight is 525 g/mol. The third-order valence-corrected chi connectivity index (χ3v) is 5.73. The number of carbonyl (C=O) groups excluding carboxylic acids is 2. The van der Waals surface area contributed by atoms with Crippen molar-refractivity contribution in [2.45, 2.75) is 26.1 Å². The molecule has 4 rings (SSSR count). The number of halogens is 1. The van der Waals surface area contributed by atoms with Crippen molar-refractivity contribution in [2.24, 2.45) is 11.1 Å². The van der Waals surface area contributed by atoms with Gasteiger partial charge in [0, 0.05) is 11.8 Å². The van der Waals surface area contributed by atoms with E-state index in [0.29, 0.717) is 29.3 Å². The van der Waals surface area contributed by atoms with E-state index in [1.807, 2.05) is 6.92 Å². The van der Waals surface area contributed by atoms with Gasteiger partial charge in [0.25, 0.3) is 5.91 Å². The number of hydrogen-bond donors (Lipinski definition) is 2. The second-order valence-corrected chi connectivity index (χ2v) is 8.74. The number of aromatic amines is 1. The van der Waals surface area contributed by atoms with Crippen LogP contribution >= 0.6 is 0 Å². The molecule has 3 heterocycles. The predicted octanol–water partition coefficient (Wildman–Crippen LogP) is 2.22. The van der Waals surface area contributed by atoms with Gasteiger partial charge in [-0.3, -0.25) is 9.59 Å². The Morgan fingerprint density at radius 3 is 2.55 bits per heavy atom. The van der Waals surface area contributed by atoms with Gasteiger partial charge in [0.1, 0.15) is 17.3 Å². The van der Waals surface area contributed by atoms with E-state index < -0.39 is 35.5 Å². The molecule has 3 aromatic rings. The van der Waals surface area contributed by atoms with Crippen LogP contribution < -0.4 is 10.5 Å². The van der Waals surface area contributed by atoms with Crippen LogP contribution in [0.15, 0.2) is 36.5 Å². The fourth-order valence-electron chi connectivity index (χ4n) is 3.66. The molecule has 0 atom stereocenters. The molecule has 1 fully saturated rings. The first-order valence-electron chi connectivity index (χ1n) is 11.7. The van der Waals surface area contributed by atoms with Gasteiger partial charge in [0.15, 0.2) is 12.4 Å². The van der Waals surface area contributed by atoms with Crippen molar-refractivity contribution < 1.29 is 32.9 Å². The van der Waals surface area contributed by atoms with Crippen molar-refractivity contribution in [3.63, 3.8) is 0 Å². The minimum atomic E-state index is -2.18. The summed E-state index contributed by atoms with van der Waals surface area (Å²) < 4.78 is 35.6. The first-order chi connectivity index (χ1) is 18.2. The second kappa shape index (κ2) is 10.9. The molecule has 1 aromatic carbocycles. The Labute approximate surface area is 216 Å². The number of imidazole rings is 1. The van der Waals surface area contributed by atoms with Gasteiger partial charge in [-0.1, -0.05) is 6.92 Å². The summed E-state index contributed by atoms with van der Waals surface area (Å²) in [5.41, 5.74) is 5.91. The maximum Gasteiger partial charge on any atom is 0.317 e. The zero-order valence-electron chi connectivity index (χ0n) is 20.7. The van der Waals surface area contributed by atoms with Gasteiger partial charge in [0.2, 0.25) is 0 Å². The van der Waals surface area contributed by atoms with Crippen LogP contribution in [0.25, 0.3) is 22.6 Å². The zero-order chi connectivity index (χ0) is 27.3. The van der Waals surface area contributed by atoms with Crippen molar-refractivity contribution >= 4 is 11.9 Å². The summed E-state index contributed by atoms with van der Waals surface area (Å²) in [6, 6.07) is 9.00. The SMILES string of the molecule is CCCOc1nccc(-c2[nH]c(C3(C(N)=O)OCC(C)(C(=O)OCC#N)CO3)nc2-c2ccc(F)cc2)n1. The normalized spacial score (nSPS) is 20.9. The highest BCUT2D eigenvalue weighted by atomic mass is 19.1. The smallest absolute Gasteiger partial charge is 0.317 e. The number of aromatic nitrogens is 4. The highest BCUT2D eigenvalue weighted by Gasteiger charge is 2.54. The van der Waals surface area contributed by atoms with E-state index in [-0.39, 0.29) is 25.0 Å². The lowest BCUT2D eigenvalue weighted by atomic mass is 9.91. The fourth-order valence-corrected chi connectivity index (χ4v) is 3.66. The number of nitrogens with two attached hydrogens (primary N) is 1. The van der Waals surface area contributed by atoms with Gasteiger partial charge >= 0.3 is 17.8 Å². The molecule has 3 N–H and O–H groups in total. The maximum atomic E-state index is 13.7. The summed E-state index contributed by atoms with van der Waals surface area (Å²) in [4.78, 5) is 41.2. The molecular weight excluding hydrogens is 499 g/mol. The topological polar surface area (TPSA) is 175 Å². The molecule has 0 aliphatic carbocycles. The van der Waals surface area contributed by atoms with E-state index in [1.165, 1.54) is 37.4 Å². The van der Waals surface area contributed by atoms with Crippen LogP contribution in [-0.2, 0) is 29.6 Å². The standard InChI is InChI=1S/C25H25FN6O6/c1-3-11-36-23-29-10-8-17(30-23)19-18(15-4-6-16(26)7-5-15)31-21(32-19)25(20(28)33)37-13-24(2,14-38-25)22(34)35-12-9-27/h4-8,10H,3,11-14H2,1-2H3,(H2,28,33)(H,31,32). The number of rotatable bonds is 9. The van der Waals surface area contributed by atoms with E-state index in [1.54, 1.807) is 12.1 Å². The Kier molecular flexibility index (Phi) is 7.65. The Morgan fingerprint density at radius 2 is 1.92 bits per heavy atom. The molecule has 2 aromatic heterocycles. The third-order valence-electron chi connectivity index (χ3n) is 5.73. The molecule has 0 radical (unpaired) electrons. The molecule has 0 spiro atoms. The quantitative estimate of drug-likeness (QED) is 0.395. The van der Waals surface area contributed by atoms with Crippen molar-refractivity contribution in [3.05, 3.63) is 48.2 Å². The first kappa shape index (κ1) is 26.6. The zero-order valence-corrected chi connectivity index (χ0v) is 20.7. The molecule has 1 aliphatic heterocycles. The van der Waals surface area contributed by atoms with E-state index in [4.69, 9.17) is 29.9 Å². The van der Waals surface area contributed by atoms with Gasteiger partial charge in [0.05, 0.1) is 36.9 Å². The van der Waals surface area contributed by atoms with Crippen LogP contribution in [0.1, 0.15) is 26.1 Å². The third kappa shape index (κ3) is 5.17. The summed E-state index contributed by atoms with van der Waals surface area (Å²) >= 11 is 0. The van der Waals surface area contributed by atoms with E-state index >= 15 is 0 Å². The molecule has 38 heavy (non-hydrogen) atoms. The summed E-state index contributed by atoms with van der Waals surface area (Å²) in [5, 5.41) is 8.69. The largest absolute Gasteiger partial charge is 0.463 e. The minimum absolute atomic E-state index is 0.110. The number of H-pyrrole nitrogens is 1. The molecule has 1 aliphatic rings.